The van der Waals surface area contributed by atoms with E-state index in [4.69, 9.17) is 14.6 Å². The fourth-order valence-corrected chi connectivity index (χ4v) is 2.19. The summed E-state index contributed by atoms with van der Waals surface area (Å²) in [6.45, 7) is 2.83. The highest BCUT2D eigenvalue weighted by atomic mass is 16.5. The number of anilines is 1. The molecule has 2 rings (SSSR count). The number of aliphatic hydroxyl groups excluding tert-OH is 1. The maximum absolute atomic E-state index is 8.73. The third kappa shape index (κ3) is 4.12. The van der Waals surface area contributed by atoms with Crippen LogP contribution in [0.4, 0.5) is 5.95 Å². The molecule has 1 aliphatic rings. The highest BCUT2D eigenvalue weighted by Gasteiger charge is 2.21. The van der Waals surface area contributed by atoms with Crippen molar-refractivity contribution in [1.29, 1.82) is 0 Å². The lowest BCUT2D eigenvalue weighted by Crippen LogP contribution is -2.38. The van der Waals surface area contributed by atoms with E-state index in [1.807, 2.05) is 0 Å². The van der Waals surface area contributed by atoms with Gasteiger partial charge in [0.2, 0.25) is 5.95 Å². The number of hydrogen-bond donors (Lipinski definition) is 1. The molecule has 0 bridgehead atoms. The van der Waals surface area contributed by atoms with E-state index in [0.717, 1.165) is 37.4 Å². The smallest absolute Gasteiger partial charge is 0.225 e. The third-order valence-electron chi connectivity index (χ3n) is 3.17. The topological polar surface area (TPSA) is 67.7 Å². The first-order valence-electron chi connectivity index (χ1n) is 6.60. The van der Waals surface area contributed by atoms with Crippen molar-refractivity contribution in [1.82, 2.24) is 9.97 Å². The first-order valence-corrected chi connectivity index (χ1v) is 6.60. The van der Waals surface area contributed by atoms with Crippen LogP contribution in [0.2, 0.25) is 0 Å². The molecule has 1 aromatic heterocycles. The van der Waals surface area contributed by atoms with Gasteiger partial charge in [0.15, 0.2) is 0 Å². The third-order valence-corrected chi connectivity index (χ3v) is 3.17. The zero-order valence-corrected chi connectivity index (χ0v) is 11.3. The number of methoxy groups -OCH3 is 1. The SMILES string of the molecule is COCc1cnc(N2CCC(OCCO)CC2)nc1. The molecule has 1 saturated heterocycles. The van der Waals surface area contributed by atoms with Gasteiger partial charge in [-0.3, -0.25) is 0 Å². The lowest BCUT2D eigenvalue weighted by Gasteiger charge is -2.31. The molecule has 6 heteroatoms. The predicted molar refractivity (Wildman–Crippen MR) is 71.0 cm³/mol. The minimum atomic E-state index is 0.0876. The maximum Gasteiger partial charge on any atom is 0.225 e. The van der Waals surface area contributed by atoms with E-state index in [1.165, 1.54) is 0 Å². The van der Waals surface area contributed by atoms with Gasteiger partial charge < -0.3 is 19.5 Å². The molecule has 1 aliphatic heterocycles. The van der Waals surface area contributed by atoms with Crippen LogP contribution in [0.5, 0.6) is 0 Å². The number of nitrogens with zero attached hydrogens (tertiary/aromatic N) is 3. The summed E-state index contributed by atoms with van der Waals surface area (Å²) < 4.78 is 10.6. The average Bonchev–Trinajstić information content (AvgIpc) is 2.47. The molecule has 1 fully saturated rings. The van der Waals surface area contributed by atoms with Crippen molar-refractivity contribution in [3.8, 4) is 0 Å². The van der Waals surface area contributed by atoms with E-state index in [-0.39, 0.29) is 12.7 Å². The van der Waals surface area contributed by atoms with E-state index in [2.05, 4.69) is 14.9 Å². The highest BCUT2D eigenvalue weighted by molar-refractivity contribution is 5.30. The van der Waals surface area contributed by atoms with Crippen LogP contribution in [-0.2, 0) is 16.1 Å². The van der Waals surface area contributed by atoms with Gasteiger partial charge in [0.25, 0.3) is 0 Å². The van der Waals surface area contributed by atoms with E-state index in [0.29, 0.717) is 13.2 Å². The van der Waals surface area contributed by atoms with Crippen LogP contribution in [-0.4, -0.2) is 54.6 Å². The quantitative estimate of drug-likeness (QED) is 0.814. The molecule has 1 N–H and O–H groups in total. The molecule has 1 aromatic rings. The van der Waals surface area contributed by atoms with Crippen LogP contribution in [0.1, 0.15) is 18.4 Å². The van der Waals surface area contributed by atoms with E-state index in [9.17, 15) is 0 Å². The molecule has 0 radical (unpaired) electrons. The molecule has 0 unspecified atom stereocenters. The Labute approximate surface area is 113 Å². The summed E-state index contributed by atoms with van der Waals surface area (Å²) in [5.74, 6) is 0.764. The van der Waals surface area contributed by atoms with Crippen molar-refractivity contribution in [2.45, 2.75) is 25.6 Å². The van der Waals surface area contributed by atoms with Crippen molar-refractivity contribution < 1.29 is 14.6 Å². The van der Waals surface area contributed by atoms with Gasteiger partial charge >= 0.3 is 0 Å². The summed E-state index contributed by atoms with van der Waals surface area (Å²) in [7, 11) is 1.66. The Hall–Kier alpha value is -1.24. The molecule has 0 aromatic carbocycles. The minimum absolute atomic E-state index is 0.0876. The van der Waals surface area contributed by atoms with Gasteiger partial charge in [-0.05, 0) is 12.8 Å². The molecule has 0 atom stereocenters. The molecule has 6 nitrogen and oxygen atoms in total. The predicted octanol–water partition coefficient (Wildman–Crippen LogP) is 0.601. The van der Waals surface area contributed by atoms with Crippen LogP contribution in [0.25, 0.3) is 0 Å². The number of aliphatic hydroxyl groups is 1. The number of rotatable bonds is 6. The molecule has 0 aliphatic carbocycles. The summed E-state index contributed by atoms with van der Waals surface area (Å²) in [5, 5.41) is 8.73. The monoisotopic (exact) mass is 267 g/mol. The fraction of sp³-hybridized carbons (Fsp3) is 0.692. The largest absolute Gasteiger partial charge is 0.394 e. The summed E-state index contributed by atoms with van der Waals surface area (Å²) in [5.41, 5.74) is 0.979. The summed E-state index contributed by atoms with van der Waals surface area (Å²) >= 11 is 0. The Morgan fingerprint density at radius 1 is 1.32 bits per heavy atom. The second-order valence-corrected chi connectivity index (χ2v) is 4.61. The number of piperidine rings is 1. The van der Waals surface area contributed by atoms with Crippen molar-refractivity contribution in [3.05, 3.63) is 18.0 Å². The first kappa shape index (κ1) is 14.2. The average molecular weight is 267 g/mol. The van der Waals surface area contributed by atoms with Crippen molar-refractivity contribution in [2.75, 3.05) is 38.3 Å². The second-order valence-electron chi connectivity index (χ2n) is 4.61. The summed E-state index contributed by atoms with van der Waals surface area (Å²) in [6.07, 6.45) is 5.75. The lowest BCUT2D eigenvalue weighted by atomic mass is 10.1. The Bertz CT molecular complexity index is 364. The zero-order chi connectivity index (χ0) is 13.5. The highest BCUT2D eigenvalue weighted by Crippen LogP contribution is 2.17. The van der Waals surface area contributed by atoms with E-state index in [1.54, 1.807) is 19.5 Å². The van der Waals surface area contributed by atoms with Crippen molar-refractivity contribution in [2.24, 2.45) is 0 Å². The Morgan fingerprint density at radius 3 is 2.58 bits per heavy atom. The first-order chi connectivity index (χ1) is 9.33. The molecule has 19 heavy (non-hydrogen) atoms. The number of ether oxygens (including phenoxy) is 2. The van der Waals surface area contributed by atoms with Crippen molar-refractivity contribution in [3.63, 3.8) is 0 Å². The normalized spacial score (nSPS) is 16.8. The maximum atomic E-state index is 8.73. The Balaban J connectivity index is 1.83. The molecular formula is C13H21N3O3. The van der Waals surface area contributed by atoms with Gasteiger partial charge in [0, 0.05) is 38.2 Å². The van der Waals surface area contributed by atoms with Gasteiger partial charge in [0.1, 0.15) is 0 Å². The molecule has 0 spiro atoms. The van der Waals surface area contributed by atoms with Crippen LogP contribution >= 0.6 is 0 Å². The zero-order valence-electron chi connectivity index (χ0n) is 11.3. The van der Waals surface area contributed by atoms with Gasteiger partial charge in [0.05, 0.1) is 25.9 Å². The van der Waals surface area contributed by atoms with Gasteiger partial charge in [-0.2, -0.15) is 0 Å². The van der Waals surface area contributed by atoms with Crippen LogP contribution in [0.15, 0.2) is 12.4 Å². The summed E-state index contributed by atoms with van der Waals surface area (Å²) in [4.78, 5) is 10.9. The van der Waals surface area contributed by atoms with Gasteiger partial charge in [-0.1, -0.05) is 0 Å². The standard InChI is InChI=1S/C13H21N3O3/c1-18-10-11-8-14-13(15-9-11)16-4-2-12(3-5-16)19-7-6-17/h8-9,12,17H,2-7,10H2,1H3. The molecule has 2 heterocycles. The van der Waals surface area contributed by atoms with Gasteiger partial charge in [-0.25, -0.2) is 9.97 Å². The van der Waals surface area contributed by atoms with Crippen LogP contribution in [0, 0.1) is 0 Å². The Kier molecular flexibility index (Phi) is 5.50. The van der Waals surface area contributed by atoms with Crippen molar-refractivity contribution >= 4 is 5.95 Å². The van der Waals surface area contributed by atoms with Gasteiger partial charge in [-0.15, -0.1) is 0 Å². The van der Waals surface area contributed by atoms with Crippen LogP contribution < -0.4 is 4.90 Å². The minimum Gasteiger partial charge on any atom is -0.394 e. The molecule has 0 saturated carbocycles. The second kappa shape index (κ2) is 7.37. The number of aromatic nitrogens is 2. The van der Waals surface area contributed by atoms with E-state index < -0.39 is 0 Å². The fourth-order valence-electron chi connectivity index (χ4n) is 2.19. The molecule has 106 valence electrons. The molecular weight excluding hydrogens is 246 g/mol. The van der Waals surface area contributed by atoms with Crippen LogP contribution in [0.3, 0.4) is 0 Å². The number of hydrogen-bond acceptors (Lipinski definition) is 6. The lowest BCUT2D eigenvalue weighted by molar-refractivity contribution is 0.0157. The summed E-state index contributed by atoms with van der Waals surface area (Å²) in [6, 6.07) is 0. The van der Waals surface area contributed by atoms with E-state index >= 15 is 0 Å². The Morgan fingerprint density at radius 2 is 2.00 bits per heavy atom. The molecule has 0 amide bonds.